The number of carbonyl (C=O) groups is 1. The summed E-state index contributed by atoms with van der Waals surface area (Å²) in [4.78, 5) is 18.0. The van der Waals surface area contributed by atoms with Crippen LogP contribution < -0.4 is 16.0 Å². The smallest absolute Gasteiger partial charge is 0.228 e. The highest BCUT2D eigenvalue weighted by Crippen LogP contribution is 2.34. The zero-order valence-corrected chi connectivity index (χ0v) is 12.0. The molecule has 0 bridgehead atoms. The van der Waals surface area contributed by atoms with E-state index in [0.717, 1.165) is 29.2 Å². The number of carbonyl (C=O) groups excluding carboxylic acids is 1. The van der Waals surface area contributed by atoms with Gasteiger partial charge in [0.15, 0.2) is 0 Å². The monoisotopic (exact) mass is 282 g/mol. The van der Waals surface area contributed by atoms with Gasteiger partial charge in [0.2, 0.25) is 5.91 Å². The minimum absolute atomic E-state index is 0.0225. The fourth-order valence-electron chi connectivity index (χ4n) is 2.61. The molecule has 1 aliphatic rings. The van der Waals surface area contributed by atoms with Crippen molar-refractivity contribution in [2.24, 2.45) is 0 Å². The summed E-state index contributed by atoms with van der Waals surface area (Å²) in [7, 11) is 0. The molecule has 3 rings (SSSR count). The number of hydrogen-bond donors (Lipinski definition) is 2. The minimum Gasteiger partial charge on any atom is -0.397 e. The van der Waals surface area contributed by atoms with Crippen LogP contribution in [0.1, 0.15) is 18.2 Å². The SMILES string of the molecule is CCN(Cc1ccccn1)c1cc2c(cc1N)CC(=O)N2. The first kappa shape index (κ1) is 13.4. The average molecular weight is 282 g/mol. The van der Waals surface area contributed by atoms with Crippen molar-refractivity contribution in [2.75, 3.05) is 22.5 Å². The zero-order valence-electron chi connectivity index (χ0n) is 12.0. The van der Waals surface area contributed by atoms with E-state index in [2.05, 4.69) is 22.1 Å². The Labute approximate surface area is 123 Å². The van der Waals surface area contributed by atoms with Crippen LogP contribution in [-0.4, -0.2) is 17.4 Å². The van der Waals surface area contributed by atoms with Crippen LogP contribution in [0.3, 0.4) is 0 Å². The highest BCUT2D eigenvalue weighted by molar-refractivity contribution is 6.00. The third-order valence-corrected chi connectivity index (χ3v) is 3.68. The van der Waals surface area contributed by atoms with Crippen molar-refractivity contribution in [3.8, 4) is 0 Å². The molecule has 0 saturated heterocycles. The summed E-state index contributed by atoms with van der Waals surface area (Å²) in [6, 6.07) is 9.72. The molecule has 1 aromatic heterocycles. The van der Waals surface area contributed by atoms with E-state index in [1.54, 1.807) is 6.20 Å². The van der Waals surface area contributed by atoms with E-state index in [1.165, 1.54) is 0 Å². The lowest BCUT2D eigenvalue weighted by Crippen LogP contribution is -2.23. The van der Waals surface area contributed by atoms with Gasteiger partial charge >= 0.3 is 0 Å². The van der Waals surface area contributed by atoms with E-state index in [0.29, 0.717) is 18.7 Å². The number of nitrogens with one attached hydrogen (secondary N) is 1. The van der Waals surface area contributed by atoms with Crippen molar-refractivity contribution >= 4 is 23.0 Å². The van der Waals surface area contributed by atoms with Crippen LogP contribution in [-0.2, 0) is 17.8 Å². The Morgan fingerprint density at radius 3 is 2.95 bits per heavy atom. The molecule has 21 heavy (non-hydrogen) atoms. The Bertz CT molecular complexity index is 669. The first-order valence-electron chi connectivity index (χ1n) is 7.04. The summed E-state index contributed by atoms with van der Waals surface area (Å²) >= 11 is 0. The van der Waals surface area contributed by atoms with E-state index in [9.17, 15) is 4.79 Å². The number of amides is 1. The fraction of sp³-hybridized carbons (Fsp3) is 0.250. The number of nitrogen functional groups attached to an aromatic ring is 1. The lowest BCUT2D eigenvalue weighted by atomic mass is 10.1. The molecule has 3 N–H and O–H groups in total. The maximum absolute atomic E-state index is 11.5. The van der Waals surface area contributed by atoms with E-state index < -0.39 is 0 Å². The molecule has 0 aliphatic carbocycles. The van der Waals surface area contributed by atoms with E-state index in [-0.39, 0.29) is 5.91 Å². The van der Waals surface area contributed by atoms with Gasteiger partial charge in [-0.1, -0.05) is 6.07 Å². The number of nitrogens with zero attached hydrogens (tertiary/aromatic N) is 2. The van der Waals surface area contributed by atoms with E-state index in [4.69, 9.17) is 5.73 Å². The van der Waals surface area contributed by atoms with Gasteiger partial charge in [-0.05, 0) is 36.8 Å². The molecule has 1 aromatic carbocycles. The largest absolute Gasteiger partial charge is 0.397 e. The lowest BCUT2D eigenvalue weighted by molar-refractivity contribution is -0.115. The van der Waals surface area contributed by atoms with Gasteiger partial charge in [0.1, 0.15) is 0 Å². The fourth-order valence-corrected chi connectivity index (χ4v) is 2.61. The summed E-state index contributed by atoms with van der Waals surface area (Å²) < 4.78 is 0. The highest BCUT2D eigenvalue weighted by Gasteiger charge is 2.21. The average Bonchev–Trinajstić information content (AvgIpc) is 2.84. The zero-order chi connectivity index (χ0) is 14.8. The van der Waals surface area contributed by atoms with Gasteiger partial charge < -0.3 is 16.0 Å². The molecule has 1 aliphatic heterocycles. The number of nitrogens with two attached hydrogens (primary N) is 1. The summed E-state index contributed by atoms with van der Waals surface area (Å²) in [6.07, 6.45) is 2.20. The molecule has 0 fully saturated rings. The molecule has 5 nitrogen and oxygen atoms in total. The van der Waals surface area contributed by atoms with Crippen molar-refractivity contribution in [3.63, 3.8) is 0 Å². The Morgan fingerprint density at radius 2 is 2.24 bits per heavy atom. The van der Waals surface area contributed by atoms with Gasteiger partial charge in [0, 0.05) is 18.4 Å². The molecule has 1 amide bonds. The first-order chi connectivity index (χ1) is 10.2. The predicted molar refractivity (Wildman–Crippen MR) is 84.1 cm³/mol. The second-order valence-corrected chi connectivity index (χ2v) is 5.13. The van der Waals surface area contributed by atoms with Crippen molar-refractivity contribution in [2.45, 2.75) is 19.9 Å². The second-order valence-electron chi connectivity index (χ2n) is 5.13. The quantitative estimate of drug-likeness (QED) is 0.843. The van der Waals surface area contributed by atoms with Gasteiger partial charge in [-0.25, -0.2) is 0 Å². The van der Waals surface area contributed by atoms with Gasteiger partial charge in [0.05, 0.1) is 30.0 Å². The molecule has 0 atom stereocenters. The predicted octanol–water partition coefficient (Wildman–Crippen LogP) is 2.18. The normalized spacial score (nSPS) is 12.9. The summed E-state index contributed by atoms with van der Waals surface area (Å²) in [5.74, 6) is 0.0225. The van der Waals surface area contributed by atoms with E-state index >= 15 is 0 Å². The number of fused-ring (bicyclic) bond motifs is 1. The van der Waals surface area contributed by atoms with Crippen molar-refractivity contribution in [3.05, 3.63) is 47.8 Å². The standard InChI is InChI=1S/C16H18N4O/c1-2-20(10-12-5-3-4-6-18-12)15-9-14-11(7-13(15)17)8-16(21)19-14/h3-7,9H,2,8,10,17H2,1H3,(H,19,21). The highest BCUT2D eigenvalue weighted by atomic mass is 16.1. The van der Waals surface area contributed by atoms with Crippen LogP contribution in [0.15, 0.2) is 36.5 Å². The molecule has 0 unspecified atom stereocenters. The van der Waals surface area contributed by atoms with Crippen LogP contribution in [0.5, 0.6) is 0 Å². The number of aromatic nitrogens is 1. The molecule has 0 saturated carbocycles. The lowest BCUT2D eigenvalue weighted by Gasteiger charge is -2.25. The molecular weight excluding hydrogens is 264 g/mol. The van der Waals surface area contributed by atoms with Gasteiger partial charge in [-0.15, -0.1) is 0 Å². The minimum atomic E-state index is 0.0225. The van der Waals surface area contributed by atoms with Crippen LogP contribution >= 0.6 is 0 Å². The number of rotatable bonds is 4. The number of anilines is 3. The Kier molecular flexibility index (Phi) is 3.48. The molecule has 2 aromatic rings. The molecule has 0 radical (unpaired) electrons. The second kappa shape index (κ2) is 5.44. The number of pyridine rings is 1. The maximum Gasteiger partial charge on any atom is 0.228 e. The van der Waals surface area contributed by atoms with Crippen molar-refractivity contribution in [1.29, 1.82) is 0 Å². The van der Waals surface area contributed by atoms with Crippen LogP contribution in [0.25, 0.3) is 0 Å². The van der Waals surface area contributed by atoms with Crippen molar-refractivity contribution < 1.29 is 4.79 Å². The third-order valence-electron chi connectivity index (χ3n) is 3.68. The Morgan fingerprint density at radius 1 is 1.38 bits per heavy atom. The molecule has 108 valence electrons. The van der Waals surface area contributed by atoms with Gasteiger partial charge in [-0.2, -0.15) is 0 Å². The summed E-state index contributed by atoms with van der Waals surface area (Å²) in [5.41, 5.74) is 10.6. The first-order valence-corrected chi connectivity index (χ1v) is 7.04. The van der Waals surface area contributed by atoms with Crippen molar-refractivity contribution in [1.82, 2.24) is 4.98 Å². The Balaban J connectivity index is 1.91. The van der Waals surface area contributed by atoms with Gasteiger partial charge in [0.25, 0.3) is 0 Å². The summed E-state index contributed by atoms with van der Waals surface area (Å²) in [6.45, 7) is 3.58. The molecule has 5 heteroatoms. The maximum atomic E-state index is 11.5. The van der Waals surface area contributed by atoms with Crippen LogP contribution in [0.4, 0.5) is 17.1 Å². The van der Waals surface area contributed by atoms with Crippen LogP contribution in [0.2, 0.25) is 0 Å². The molecule has 0 spiro atoms. The topological polar surface area (TPSA) is 71.2 Å². The Hall–Kier alpha value is -2.56. The molecular formula is C16H18N4O. The summed E-state index contributed by atoms with van der Waals surface area (Å²) in [5, 5.41) is 2.87. The number of benzene rings is 1. The number of hydrogen-bond acceptors (Lipinski definition) is 4. The third kappa shape index (κ3) is 2.67. The van der Waals surface area contributed by atoms with Gasteiger partial charge in [-0.3, -0.25) is 9.78 Å². The molecule has 2 heterocycles. The van der Waals surface area contributed by atoms with Crippen LogP contribution in [0, 0.1) is 0 Å². The van der Waals surface area contributed by atoms with E-state index in [1.807, 2.05) is 30.3 Å².